The fourth-order valence-electron chi connectivity index (χ4n) is 1.69. The van der Waals surface area contributed by atoms with E-state index >= 15 is 0 Å². The molecule has 94 valence electrons. The molecular formula is C11H15F2N3O. The number of halogens is 2. The molecule has 1 saturated carbocycles. The third-order valence-electron chi connectivity index (χ3n) is 2.81. The van der Waals surface area contributed by atoms with Crippen molar-refractivity contribution in [3.05, 3.63) is 18.0 Å². The minimum Gasteiger partial charge on any atom is -0.354 e. The van der Waals surface area contributed by atoms with Crippen molar-refractivity contribution in [3.8, 4) is 0 Å². The van der Waals surface area contributed by atoms with Gasteiger partial charge in [-0.3, -0.25) is 9.48 Å². The minimum absolute atomic E-state index is 0.0782. The third-order valence-corrected chi connectivity index (χ3v) is 2.81. The Balaban J connectivity index is 1.64. The minimum atomic E-state index is -2.61. The summed E-state index contributed by atoms with van der Waals surface area (Å²) < 4.78 is 26.8. The van der Waals surface area contributed by atoms with E-state index in [-0.39, 0.29) is 18.7 Å². The summed E-state index contributed by atoms with van der Waals surface area (Å²) >= 11 is 0. The highest BCUT2D eigenvalue weighted by molar-refractivity contribution is 5.76. The quantitative estimate of drug-likeness (QED) is 0.848. The molecule has 1 amide bonds. The number of carbonyl (C=O) groups is 1. The molecule has 1 aliphatic rings. The van der Waals surface area contributed by atoms with Gasteiger partial charge in [0.25, 0.3) is 5.92 Å². The van der Waals surface area contributed by atoms with Crippen molar-refractivity contribution in [2.24, 2.45) is 5.92 Å². The van der Waals surface area contributed by atoms with Crippen LogP contribution in [0.25, 0.3) is 0 Å². The summed E-state index contributed by atoms with van der Waals surface area (Å²) in [5.41, 5.74) is 1.05. The molecule has 6 heteroatoms. The highest BCUT2D eigenvalue weighted by Gasteiger charge is 2.57. The second-order valence-corrected chi connectivity index (χ2v) is 4.50. The first kappa shape index (κ1) is 12.0. The molecule has 1 fully saturated rings. The molecule has 17 heavy (non-hydrogen) atoms. The van der Waals surface area contributed by atoms with Gasteiger partial charge in [-0.2, -0.15) is 5.10 Å². The van der Waals surface area contributed by atoms with Gasteiger partial charge in [0.05, 0.1) is 12.7 Å². The van der Waals surface area contributed by atoms with Gasteiger partial charge in [-0.1, -0.05) is 0 Å². The summed E-state index contributed by atoms with van der Waals surface area (Å²) in [7, 11) is 0. The Hall–Kier alpha value is -1.46. The average molecular weight is 243 g/mol. The number of hydrogen-bond acceptors (Lipinski definition) is 2. The largest absolute Gasteiger partial charge is 0.354 e. The number of nitrogens with zero attached hydrogens (tertiary/aromatic N) is 2. The predicted molar refractivity (Wildman–Crippen MR) is 57.6 cm³/mol. The van der Waals surface area contributed by atoms with E-state index in [1.807, 2.05) is 13.1 Å². The van der Waals surface area contributed by atoms with Gasteiger partial charge in [0.15, 0.2) is 0 Å². The molecular weight excluding hydrogens is 228 g/mol. The molecule has 1 aromatic rings. The van der Waals surface area contributed by atoms with E-state index < -0.39 is 11.8 Å². The molecule has 0 radical (unpaired) electrons. The van der Waals surface area contributed by atoms with Crippen molar-refractivity contribution >= 4 is 5.91 Å². The Morgan fingerprint density at radius 1 is 1.71 bits per heavy atom. The van der Waals surface area contributed by atoms with Gasteiger partial charge in [-0.25, -0.2) is 8.78 Å². The number of aryl methyl sites for hydroxylation is 1. The van der Waals surface area contributed by atoms with Crippen LogP contribution >= 0.6 is 0 Å². The molecule has 1 aromatic heterocycles. The van der Waals surface area contributed by atoms with Crippen molar-refractivity contribution in [2.75, 3.05) is 6.54 Å². The topological polar surface area (TPSA) is 46.9 Å². The van der Waals surface area contributed by atoms with E-state index in [4.69, 9.17) is 0 Å². The highest BCUT2D eigenvalue weighted by atomic mass is 19.3. The molecule has 2 rings (SSSR count). The van der Waals surface area contributed by atoms with Crippen LogP contribution in [0.4, 0.5) is 8.78 Å². The van der Waals surface area contributed by atoms with Crippen LogP contribution in [0.3, 0.4) is 0 Å². The Kier molecular flexibility index (Phi) is 3.13. The molecule has 0 aliphatic heterocycles. The fourth-order valence-corrected chi connectivity index (χ4v) is 1.69. The monoisotopic (exact) mass is 243 g/mol. The zero-order valence-electron chi connectivity index (χ0n) is 9.62. The predicted octanol–water partition coefficient (Wildman–Crippen LogP) is 1.35. The molecule has 1 aliphatic carbocycles. The lowest BCUT2D eigenvalue weighted by Crippen LogP contribution is -2.28. The zero-order valence-corrected chi connectivity index (χ0v) is 9.62. The van der Waals surface area contributed by atoms with Gasteiger partial charge in [-0.15, -0.1) is 0 Å². The smallest absolute Gasteiger partial charge is 0.252 e. The van der Waals surface area contributed by atoms with E-state index in [2.05, 4.69) is 10.4 Å². The van der Waals surface area contributed by atoms with Gasteiger partial charge in [0.1, 0.15) is 0 Å². The molecule has 4 nitrogen and oxygen atoms in total. The van der Waals surface area contributed by atoms with Crippen LogP contribution in [-0.4, -0.2) is 28.2 Å². The first-order valence-electron chi connectivity index (χ1n) is 5.61. The summed E-state index contributed by atoms with van der Waals surface area (Å²) in [4.78, 5) is 11.3. The molecule has 1 N–H and O–H groups in total. The Morgan fingerprint density at radius 2 is 2.41 bits per heavy atom. The zero-order chi connectivity index (χ0) is 12.5. The van der Waals surface area contributed by atoms with Crippen LogP contribution < -0.4 is 5.32 Å². The first-order valence-corrected chi connectivity index (χ1v) is 5.61. The Bertz CT molecular complexity index is 417. The van der Waals surface area contributed by atoms with Crippen LogP contribution in [0.1, 0.15) is 18.4 Å². The van der Waals surface area contributed by atoms with Crippen LogP contribution in [0, 0.1) is 12.8 Å². The highest BCUT2D eigenvalue weighted by Crippen LogP contribution is 2.50. The van der Waals surface area contributed by atoms with E-state index in [1.165, 1.54) is 0 Å². The number of carbonyl (C=O) groups excluding carboxylic acids is 1. The second kappa shape index (κ2) is 4.43. The number of nitrogens with one attached hydrogen (secondary N) is 1. The molecule has 0 spiro atoms. The van der Waals surface area contributed by atoms with Crippen molar-refractivity contribution in [1.82, 2.24) is 15.1 Å². The summed E-state index contributed by atoms with van der Waals surface area (Å²) in [6.45, 7) is 2.90. The van der Waals surface area contributed by atoms with Gasteiger partial charge >= 0.3 is 0 Å². The molecule has 1 atom stereocenters. The number of rotatable bonds is 5. The van der Waals surface area contributed by atoms with Crippen molar-refractivity contribution in [3.63, 3.8) is 0 Å². The molecule has 0 aromatic carbocycles. The van der Waals surface area contributed by atoms with Crippen molar-refractivity contribution in [2.45, 2.75) is 32.2 Å². The Morgan fingerprint density at radius 3 is 2.94 bits per heavy atom. The normalized spacial score (nSPS) is 21.2. The van der Waals surface area contributed by atoms with Crippen LogP contribution in [0.15, 0.2) is 12.4 Å². The summed E-state index contributed by atoms with van der Waals surface area (Å²) in [5, 5.41) is 6.67. The third kappa shape index (κ3) is 3.25. The lowest BCUT2D eigenvalue weighted by Gasteiger charge is -2.04. The van der Waals surface area contributed by atoms with Crippen molar-refractivity contribution in [1.29, 1.82) is 0 Å². The van der Waals surface area contributed by atoms with E-state index in [0.29, 0.717) is 13.1 Å². The van der Waals surface area contributed by atoms with Gasteiger partial charge in [-0.05, 0) is 12.5 Å². The van der Waals surface area contributed by atoms with E-state index in [9.17, 15) is 13.6 Å². The van der Waals surface area contributed by atoms with Crippen LogP contribution in [0.5, 0.6) is 0 Å². The number of aromatic nitrogens is 2. The maximum absolute atomic E-state index is 12.6. The van der Waals surface area contributed by atoms with Gasteiger partial charge in [0.2, 0.25) is 5.91 Å². The maximum Gasteiger partial charge on any atom is 0.252 e. The maximum atomic E-state index is 12.6. The van der Waals surface area contributed by atoms with Crippen molar-refractivity contribution < 1.29 is 13.6 Å². The Labute approximate surface area is 98.0 Å². The number of amides is 1. The standard InChI is InChI=1S/C11H15F2N3O/c1-8-6-15-16(7-8)3-2-14-10(17)4-9-5-11(9,12)13/h6-7,9H,2-5H2,1H3,(H,14,17)/t9-/m0/s1. The van der Waals surface area contributed by atoms with Gasteiger partial charge in [0, 0.05) is 31.5 Å². The molecule has 1 heterocycles. The average Bonchev–Trinajstić information content (AvgIpc) is 2.64. The summed E-state index contributed by atoms with van der Waals surface area (Å²) in [6, 6.07) is 0. The fraction of sp³-hybridized carbons (Fsp3) is 0.636. The molecule has 0 bridgehead atoms. The molecule has 0 saturated heterocycles. The number of hydrogen-bond donors (Lipinski definition) is 1. The lowest BCUT2D eigenvalue weighted by atomic mass is 10.3. The summed E-state index contributed by atoms with van der Waals surface area (Å²) in [6.07, 6.45) is 3.36. The van der Waals surface area contributed by atoms with E-state index in [1.54, 1.807) is 10.9 Å². The first-order chi connectivity index (χ1) is 7.97. The summed E-state index contributed by atoms with van der Waals surface area (Å²) in [5.74, 6) is -3.68. The number of alkyl halides is 2. The SMILES string of the molecule is Cc1cnn(CCNC(=O)C[C@H]2CC2(F)F)c1. The second-order valence-electron chi connectivity index (χ2n) is 4.50. The van der Waals surface area contributed by atoms with E-state index in [0.717, 1.165) is 5.56 Å². The van der Waals surface area contributed by atoms with Crippen LogP contribution in [0.2, 0.25) is 0 Å². The molecule has 0 unspecified atom stereocenters. The van der Waals surface area contributed by atoms with Gasteiger partial charge < -0.3 is 5.32 Å². The lowest BCUT2D eigenvalue weighted by molar-refractivity contribution is -0.122. The van der Waals surface area contributed by atoms with Crippen LogP contribution in [-0.2, 0) is 11.3 Å².